The molecule has 0 spiro atoms. The molecular formula is C21H23ClN4O3. The minimum Gasteiger partial charge on any atom is -0.454 e. The van der Waals surface area contributed by atoms with Crippen LogP contribution in [0.25, 0.3) is 0 Å². The molecule has 7 nitrogen and oxygen atoms in total. The Labute approximate surface area is 174 Å². The number of furan rings is 1. The molecule has 4 rings (SSSR count). The zero-order valence-electron chi connectivity index (χ0n) is 16.0. The molecule has 0 aliphatic carbocycles. The van der Waals surface area contributed by atoms with E-state index in [0.717, 1.165) is 18.7 Å². The molecule has 1 N–H and O–H groups in total. The van der Waals surface area contributed by atoms with Crippen molar-refractivity contribution in [2.75, 3.05) is 32.8 Å². The van der Waals surface area contributed by atoms with Crippen LogP contribution in [0.1, 0.15) is 27.9 Å². The van der Waals surface area contributed by atoms with Crippen LogP contribution < -0.4 is 5.32 Å². The Bertz CT molecular complexity index is 918. The van der Waals surface area contributed by atoms with Gasteiger partial charge in [0.2, 0.25) is 0 Å². The summed E-state index contributed by atoms with van der Waals surface area (Å²) in [7, 11) is 0. The van der Waals surface area contributed by atoms with Gasteiger partial charge in [-0.15, -0.1) is 0 Å². The van der Waals surface area contributed by atoms with Gasteiger partial charge in [-0.25, -0.2) is 0 Å². The number of nitrogens with zero attached hydrogens (tertiary/aromatic N) is 3. The first kappa shape index (κ1) is 19.7. The van der Waals surface area contributed by atoms with E-state index < -0.39 is 0 Å². The van der Waals surface area contributed by atoms with Crippen molar-refractivity contribution >= 4 is 17.5 Å². The molecule has 1 unspecified atom stereocenters. The van der Waals surface area contributed by atoms with E-state index in [0.29, 0.717) is 42.8 Å². The molecule has 8 heteroatoms. The smallest absolute Gasteiger partial charge is 0.287 e. The number of hydrogen-bond donors (Lipinski definition) is 1. The van der Waals surface area contributed by atoms with Crippen LogP contribution in [0.5, 0.6) is 0 Å². The average molecular weight is 415 g/mol. The number of rotatable bonds is 7. The van der Waals surface area contributed by atoms with Crippen molar-refractivity contribution in [1.29, 1.82) is 0 Å². The number of halogens is 1. The van der Waals surface area contributed by atoms with Gasteiger partial charge in [0.25, 0.3) is 5.91 Å². The van der Waals surface area contributed by atoms with Crippen LogP contribution in [-0.2, 0) is 11.3 Å². The quantitative estimate of drug-likeness (QED) is 0.643. The fraction of sp³-hybridized carbons (Fsp3) is 0.333. The number of morpholine rings is 1. The van der Waals surface area contributed by atoms with Crippen molar-refractivity contribution in [3.63, 3.8) is 0 Å². The van der Waals surface area contributed by atoms with Gasteiger partial charge in [0, 0.05) is 37.1 Å². The van der Waals surface area contributed by atoms with E-state index in [9.17, 15) is 4.79 Å². The van der Waals surface area contributed by atoms with Crippen LogP contribution in [-0.4, -0.2) is 53.4 Å². The van der Waals surface area contributed by atoms with E-state index in [1.54, 1.807) is 23.0 Å². The SMILES string of the molecule is O=C(NCC(c1ccc(Cl)cc1)N1CCOCC1)c1ccc(Cn2cccn2)o1. The topological polar surface area (TPSA) is 72.5 Å². The summed E-state index contributed by atoms with van der Waals surface area (Å²) in [6, 6.07) is 13.1. The van der Waals surface area contributed by atoms with Crippen LogP contribution in [0.15, 0.2) is 59.3 Å². The lowest BCUT2D eigenvalue weighted by molar-refractivity contribution is 0.0161. The van der Waals surface area contributed by atoms with Gasteiger partial charge in [-0.1, -0.05) is 23.7 Å². The minimum atomic E-state index is -0.232. The Balaban J connectivity index is 1.41. The Hall–Kier alpha value is -2.61. The van der Waals surface area contributed by atoms with Crippen LogP contribution in [0.3, 0.4) is 0 Å². The normalized spacial score (nSPS) is 15.9. The Morgan fingerprint density at radius 1 is 1.17 bits per heavy atom. The highest BCUT2D eigenvalue weighted by Gasteiger charge is 2.24. The van der Waals surface area contributed by atoms with Crippen LogP contribution in [0.4, 0.5) is 0 Å². The largest absolute Gasteiger partial charge is 0.454 e. The first-order valence-corrected chi connectivity index (χ1v) is 9.98. The van der Waals surface area contributed by atoms with E-state index in [4.69, 9.17) is 20.8 Å². The first-order valence-electron chi connectivity index (χ1n) is 9.60. The molecule has 152 valence electrons. The summed E-state index contributed by atoms with van der Waals surface area (Å²) in [6.07, 6.45) is 3.56. The van der Waals surface area contributed by atoms with Crippen molar-refractivity contribution in [2.45, 2.75) is 12.6 Å². The maximum absolute atomic E-state index is 12.6. The number of benzene rings is 1. The molecule has 1 aliphatic rings. The number of nitrogens with one attached hydrogen (secondary N) is 1. The molecule has 0 saturated carbocycles. The van der Waals surface area contributed by atoms with E-state index in [-0.39, 0.29) is 11.9 Å². The average Bonchev–Trinajstić information content (AvgIpc) is 3.43. The fourth-order valence-electron chi connectivity index (χ4n) is 3.45. The Morgan fingerprint density at radius 3 is 2.69 bits per heavy atom. The molecule has 1 saturated heterocycles. The van der Waals surface area contributed by atoms with Gasteiger partial charge in [-0.2, -0.15) is 5.10 Å². The summed E-state index contributed by atoms with van der Waals surface area (Å²) in [5.74, 6) is 0.745. The number of carbonyl (C=O) groups is 1. The summed E-state index contributed by atoms with van der Waals surface area (Å²) in [4.78, 5) is 15.0. The molecule has 2 aromatic heterocycles. The van der Waals surface area contributed by atoms with Gasteiger partial charge in [-0.05, 0) is 35.9 Å². The lowest BCUT2D eigenvalue weighted by Gasteiger charge is -2.34. The third-order valence-electron chi connectivity index (χ3n) is 4.96. The third kappa shape index (κ3) is 5.06. The summed E-state index contributed by atoms with van der Waals surface area (Å²) in [6.45, 7) is 3.97. The summed E-state index contributed by atoms with van der Waals surface area (Å²) < 4.78 is 12.9. The maximum Gasteiger partial charge on any atom is 0.287 e. The van der Waals surface area contributed by atoms with Gasteiger partial charge in [0.15, 0.2) is 5.76 Å². The van der Waals surface area contributed by atoms with Crippen molar-refractivity contribution in [1.82, 2.24) is 20.0 Å². The fourth-order valence-corrected chi connectivity index (χ4v) is 3.57. The van der Waals surface area contributed by atoms with E-state index in [1.165, 1.54) is 0 Å². The van der Waals surface area contributed by atoms with E-state index in [2.05, 4.69) is 15.3 Å². The summed E-state index contributed by atoms with van der Waals surface area (Å²) in [5, 5.41) is 7.85. The highest BCUT2D eigenvalue weighted by molar-refractivity contribution is 6.30. The number of ether oxygens (including phenoxy) is 1. The molecule has 0 bridgehead atoms. The molecule has 29 heavy (non-hydrogen) atoms. The van der Waals surface area contributed by atoms with Crippen molar-refractivity contribution < 1.29 is 13.9 Å². The Morgan fingerprint density at radius 2 is 1.97 bits per heavy atom. The predicted molar refractivity (Wildman–Crippen MR) is 109 cm³/mol. The first-order chi connectivity index (χ1) is 14.2. The lowest BCUT2D eigenvalue weighted by atomic mass is 10.0. The standard InChI is InChI=1S/C21H23ClN4O3/c22-17-4-2-16(3-5-17)19(25-10-12-28-13-11-25)14-23-21(27)20-7-6-18(29-20)15-26-9-1-8-24-26/h1-9,19H,10-15H2,(H,23,27). The molecule has 1 aromatic carbocycles. The van der Waals surface area contributed by atoms with E-state index >= 15 is 0 Å². The molecule has 1 atom stereocenters. The molecule has 1 amide bonds. The second-order valence-corrected chi connectivity index (χ2v) is 7.33. The van der Waals surface area contributed by atoms with Crippen LogP contribution in [0.2, 0.25) is 5.02 Å². The Kier molecular flexibility index (Phi) is 6.29. The molecule has 0 radical (unpaired) electrons. The molecule has 1 fully saturated rings. The molecule has 3 aromatic rings. The minimum absolute atomic E-state index is 0.0404. The third-order valence-corrected chi connectivity index (χ3v) is 5.21. The van der Waals surface area contributed by atoms with Crippen molar-refractivity contribution in [3.05, 3.63) is 77.0 Å². The number of carbonyl (C=O) groups excluding carboxylic acids is 1. The zero-order chi connectivity index (χ0) is 20.1. The lowest BCUT2D eigenvalue weighted by Crippen LogP contribution is -2.43. The van der Waals surface area contributed by atoms with Gasteiger partial charge in [-0.3, -0.25) is 14.4 Å². The molecule has 1 aliphatic heterocycles. The summed E-state index contributed by atoms with van der Waals surface area (Å²) >= 11 is 6.04. The predicted octanol–water partition coefficient (Wildman–Crippen LogP) is 2.98. The highest BCUT2D eigenvalue weighted by Crippen LogP contribution is 2.23. The highest BCUT2D eigenvalue weighted by atomic mass is 35.5. The molecule has 3 heterocycles. The number of amides is 1. The van der Waals surface area contributed by atoms with Gasteiger partial charge in [0.1, 0.15) is 5.76 Å². The van der Waals surface area contributed by atoms with Crippen molar-refractivity contribution in [2.24, 2.45) is 0 Å². The second kappa shape index (κ2) is 9.26. The van der Waals surface area contributed by atoms with E-state index in [1.807, 2.05) is 36.5 Å². The van der Waals surface area contributed by atoms with Gasteiger partial charge >= 0.3 is 0 Å². The number of aromatic nitrogens is 2. The van der Waals surface area contributed by atoms with Crippen molar-refractivity contribution in [3.8, 4) is 0 Å². The maximum atomic E-state index is 12.6. The molecular weight excluding hydrogens is 392 g/mol. The van der Waals surface area contributed by atoms with Gasteiger partial charge < -0.3 is 14.5 Å². The van der Waals surface area contributed by atoms with Gasteiger partial charge in [0.05, 0.1) is 25.8 Å². The van der Waals surface area contributed by atoms with Crippen LogP contribution in [0, 0.1) is 0 Å². The monoisotopic (exact) mass is 414 g/mol. The number of hydrogen-bond acceptors (Lipinski definition) is 5. The second-order valence-electron chi connectivity index (χ2n) is 6.90. The zero-order valence-corrected chi connectivity index (χ0v) is 16.7. The summed E-state index contributed by atoms with van der Waals surface area (Å²) in [5.41, 5.74) is 1.11. The van der Waals surface area contributed by atoms with Crippen LogP contribution >= 0.6 is 11.6 Å².